The minimum atomic E-state index is -0.907. The molecule has 9 heteroatoms. The lowest BCUT2D eigenvalue weighted by molar-refractivity contribution is -0.128. The van der Waals surface area contributed by atoms with E-state index in [4.69, 9.17) is 22.1 Å². The van der Waals surface area contributed by atoms with Crippen LogP contribution in [0.2, 0.25) is 5.02 Å². The molecule has 0 heterocycles. The summed E-state index contributed by atoms with van der Waals surface area (Å²) in [5, 5.41) is 8.40. The molecule has 0 radical (unpaired) electrons. The van der Waals surface area contributed by atoms with E-state index in [2.05, 4.69) is 16.0 Å². The van der Waals surface area contributed by atoms with Crippen LogP contribution in [-0.2, 0) is 27.3 Å². The molecule has 8 nitrogen and oxygen atoms in total. The molecule has 2 rings (SSSR count). The average molecular weight is 447 g/mol. The molecule has 1 unspecified atom stereocenters. The van der Waals surface area contributed by atoms with Crippen molar-refractivity contribution in [2.24, 2.45) is 5.73 Å². The van der Waals surface area contributed by atoms with E-state index in [9.17, 15) is 14.4 Å². The van der Waals surface area contributed by atoms with Gasteiger partial charge in [0.1, 0.15) is 6.04 Å². The zero-order valence-corrected chi connectivity index (χ0v) is 18.1. The van der Waals surface area contributed by atoms with E-state index in [-0.39, 0.29) is 26.1 Å². The highest BCUT2D eigenvalue weighted by Gasteiger charge is 2.21. The van der Waals surface area contributed by atoms with Gasteiger partial charge in [-0.15, -0.1) is 0 Å². The van der Waals surface area contributed by atoms with Crippen LogP contribution in [0.25, 0.3) is 0 Å². The van der Waals surface area contributed by atoms with Crippen LogP contribution >= 0.6 is 11.6 Å². The second-order valence-corrected chi connectivity index (χ2v) is 7.14. The number of hydrogen-bond acceptors (Lipinski definition) is 5. The summed E-state index contributed by atoms with van der Waals surface area (Å²) in [7, 11) is 0. The zero-order valence-electron chi connectivity index (χ0n) is 17.3. The van der Waals surface area contributed by atoms with Crippen molar-refractivity contribution in [2.45, 2.75) is 32.4 Å². The van der Waals surface area contributed by atoms with Gasteiger partial charge in [0.05, 0.1) is 13.2 Å². The maximum Gasteiger partial charge on any atom is 0.411 e. The van der Waals surface area contributed by atoms with Crippen LogP contribution in [0.3, 0.4) is 0 Å². The van der Waals surface area contributed by atoms with Gasteiger partial charge in [-0.1, -0.05) is 48.9 Å². The molecule has 0 fully saturated rings. The molecule has 0 aliphatic rings. The first-order valence-corrected chi connectivity index (χ1v) is 10.3. The third-order valence-electron chi connectivity index (χ3n) is 4.50. The predicted molar refractivity (Wildman–Crippen MR) is 120 cm³/mol. The Morgan fingerprint density at radius 3 is 2.45 bits per heavy atom. The number of hydrogen-bond donors (Lipinski definition) is 4. The van der Waals surface area contributed by atoms with E-state index < -0.39 is 23.9 Å². The zero-order chi connectivity index (χ0) is 22.6. The first kappa shape index (κ1) is 24.2. The third kappa shape index (κ3) is 8.27. The topological polar surface area (TPSA) is 123 Å². The second-order valence-electron chi connectivity index (χ2n) is 6.73. The van der Waals surface area contributed by atoms with Crippen molar-refractivity contribution in [1.82, 2.24) is 10.6 Å². The lowest BCUT2D eigenvalue weighted by atomic mass is 10.1. The molecule has 5 N–H and O–H groups in total. The van der Waals surface area contributed by atoms with Gasteiger partial charge in [0, 0.05) is 23.7 Å². The van der Waals surface area contributed by atoms with Crippen LogP contribution in [0, 0.1) is 0 Å². The number of halogens is 1. The monoisotopic (exact) mass is 446 g/mol. The number of ether oxygens (including phenoxy) is 1. The molecule has 0 aliphatic carbocycles. The summed E-state index contributed by atoms with van der Waals surface area (Å²) in [6.07, 6.45) is 0.339. The standard InChI is InChI=1S/C22H27ClN4O4/c1-2-15-7-9-17(10-8-15)26-22(30)31-12-11-19(27-20(28)13-24)21(29)25-14-16-5-3-4-6-18(16)23/h3-10,19H,2,11-14,24H2,1H3,(H,25,29)(H,26,30)(H,27,28). The van der Waals surface area contributed by atoms with E-state index >= 15 is 0 Å². The Kier molecular flexibility index (Phi) is 9.80. The highest BCUT2D eigenvalue weighted by atomic mass is 35.5. The molecule has 2 aromatic carbocycles. The minimum absolute atomic E-state index is 0.0755. The van der Waals surface area contributed by atoms with Crippen molar-refractivity contribution in [3.05, 3.63) is 64.7 Å². The molecule has 0 spiro atoms. The Morgan fingerprint density at radius 1 is 1.10 bits per heavy atom. The molecule has 0 aliphatic heterocycles. The van der Waals surface area contributed by atoms with E-state index in [0.29, 0.717) is 10.7 Å². The van der Waals surface area contributed by atoms with Gasteiger partial charge in [0.25, 0.3) is 0 Å². The predicted octanol–water partition coefficient (Wildman–Crippen LogP) is 2.60. The third-order valence-corrected chi connectivity index (χ3v) is 4.87. The highest BCUT2D eigenvalue weighted by molar-refractivity contribution is 6.31. The molecule has 3 amide bonds. The van der Waals surface area contributed by atoms with Crippen LogP contribution in [0.4, 0.5) is 10.5 Å². The largest absolute Gasteiger partial charge is 0.449 e. The lowest BCUT2D eigenvalue weighted by Crippen LogP contribution is -2.48. The fraction of sp³-hybridized carbons (Fsp3) is 0.318. The van der Waals surface area contributed by atoms with E-state index in [0.717, 1.165) is 17.5 Å². The van der Waals surface area contributed by atoms with Crippen molar-refractivity contribution in [2.75, 3.05) is 18.5 Å². The highest BCUT2D eigenvalue weighted by Crippen LogP contribution is 2.14. The van der Waals surface area contributed by atoms with E-state index in [1.807, 2.05) is 25.1 Å². The number of nitrogens with two attached hydrogens (primary N) is 1. The van der Waals surface area contributed by atoms with Gasteiger partial charge in [0.2, 0.25) is 11.8 Å². The van der Waals surface area contributed by atoms with Gasteiger partial charge in [-0.05, 0) is 35.7 Å². The Labute approximate surface area is 186 Å². The summed E-state index contributed by atoms with van der Waals surface area (Å²) >= 11 is 6.09. The van der Waals surface area contributed by atoms with Gasteiger partial charge in [-0.3, -0.25) is 14.9 Å². The molecule has 2 aromatic rings. The maximum absolute atomic E-state index is 12.5. The summed E-state index contributed by atoms with van der Waals surface area (Å²) in [6.45, 7) is 1.90. The Morgan fingerprint density at radius 2 is 1.81 bits per heavy atom. The van der Waals surface area contributed by atoms with Crippen molar-refractivity contribution in [3.8, 4) is 0 Å². The molecule has 0 bridgehead atoms. The summed E-state index contributed by atoms with van der Waals surface area (Å²) < 4.78 is 5.15. The van der Waals surface area contributed by atoms with Crippen LogP contribution in [-0.4, -0.2) is 37.1 Å². The Balaban J connectivity index is 1.86. The van der Waals surface area contributed by atoms with E-state index in [1.54, 1.807) is 30.3 Å². The van der Waals surface area contributed by atoms with Crippen molar-refractivity contribution in [3.63, 3.8) is 0 Å². The number of benzene rings is 2. The molecule has 31 heavy (non-hydrogen) atoms. The first-order chi connectivity index (χ1) is 14.9. The molecule has 0 saturated carbocycles. The minimum Gasteiger partial charge on any atom is -0.449 e. The number of amides is 3. The number of carbonyl (C=O) groups is 3. The summed E-state index contributed by atoms with van der Waals surface area (Å²) in [5.41, 5.74) is 7.83. The first-order valence-electron chi connectivity index (χ1n) is 9.96. The number of nitrogens with one attached hydrogen (secondary N) is 3. The van der Waals surface area contributed by atoms with Crippen molar-refractivity contribution in [1.29, 1.82) is 0 Å². The van der Waals surface area contributed by atoms with Gasteiger partial charge < -0.3 is 21.1 Å². The van der Waals surface area contributed by atoms with Crippen molar-refractivity contribution < 1.29 is 19.1 Å². The van der Waals surface area contributed by atoms with Gasteiger partial charge in [0.15, 0.2) is 0 Å². The van der Waals surface area contributed by atoms with E-state index in [1.165, 1.54) is 0 Å². The number of carbonyl (C=O) groups excluding carboxylic acids is 3. The number of rotatable bonds is 10. The van der Waals surface area contributed by atoms with Crippen LogP contribution < -0.4 is 21.7 Å². The molecular weight excluding hydrogens is 420 g/mol. The molecule has 0 saturated heterocycles. The van der Waals surface area contributed by atoms with Crippen LogP contribution in [0.5, 0.6) is 0 Å². The quantitative estimate of drug-likeness (QED) is 0.446. The Hall–Kier alpha value is -3.10. The summed E-state index contributed by atoms with van der Waals surface area (Å²) in [5.74, 6) is -0.917. The smallest absolute Gasteiger partial charge is 0.411 e. The summed E-state index contributed by atoms with van der Waals surface area (Å²) in [6, 6.07) is 13.6. The van der Waals surface area contributed by atoms with Crippen LogP contribution in [0.15, 0.2) is 48.5 Å². The van der Waals surface area contributed by atoms with Gasteiger partial charge in [-0.2, -0.15) is 0 Å². The van der Waals surface area contributed by atoms with Gasteiger partial charge >= 0.3 is 6.09 Å². The Bertz CT molecular complexity index is 889. The van der Waals surface area contributed by atoms with Crippen molar-refractivity contribution >= 4 is 35.2 Å². The average Bonchev–Trinajstić information content (AvgIpc) is 2.78. The van der Waals surface area contributed by atoms with Crippen LogP contribution in [0.1, 0.15) is 24.5 Å². The molecule has 166 valence electrons. The molecular formula is C22H27ClN4O4. The SMILES string of the molecule is CCc1ccc(NC(=O)OCCC(NC(=O)CN)C(=O)NCc2ccccc2Cl)cc1. The molecule has 1 atom stereocenters. The second kappa shape index (κ2) is 12.6. The summed E-state index contributed by atoms with van der Waals surface area (Å²) in [4.78, 5) is 36.2. The maximum atomic E-state index is 12.5. The number of anilines is 1. The lowest BCUT2D eigenvalue weighted by Gasteiger charge is -2.18. The molecule has 0 aromatic heterocycles. The normalized spacial score (nSPS) is 11.3. The number of aryl methyl sites for hydroxylation is 1. The fourth-order valence-electron chi connectivity index (χ4n) is 2.72. The fourth-order valence-corrected chi connectivity index (χ4v) is 2.92. The van der Waals surface area contributed by atoms with Gasteiger partial charge in [-0.25, -0.2) is 4.79 Å².